The monoisotopic (exact) mass is 525 g/mol. The van der Waals surface area contributed by atoms with E-state index in [-0.39, 0.29) is 17.8 Å². The van der Waals surface area contributed by atoms with E-state index in [1.54, 1.807) is 18.2 Å². The van der Waals surface area contributed by atoms with Crippen LogP contribution >= 0.6 is 15.9 Å². The van der Waals surface area contributed by atoms with Gasteiger partial charge >= 0.3 is 5.97 Å². The molecule has 0 aliphatic carbocycles. The molecule has 5 aromatic rings. The Labute approximate surface area is 210 Å². The van der Waals surface area contributed by atoms with Gasteiger partial charge in [-0.25, -0.2) is 4.79 Å². The second-order valence-electron chi connectivity index (χ2n) is 8.04. The molecule has 0 aliphatic rings. The quantitative estimate of drug-likeness (QED) is 0.260. The summed E-state index contributed by atoms with van der Waals surface area (Å²) in [5, 5.41) is 11.3. The van der Waals surface area contributed by atoms with Crippen LogP contribution in [0.15, 0.2) is 112 Å². The Morgan fingerprint density at radius 2 is 1.49 bits per heavy atom. The summed E-state index contributed by atoms with van der Waals surface area (Å²) in [6.07, 6.45) is 0. The number of hydrogen-bond acceptors (Lipinski definition) is 3. The summed E-state index contributed by atoms with van der Waals surface area (Å²) in [5.41, 5.74) is 1.56. The van der Waals surface area contributed by atoms with E-state index < -0.39 is 5.97 Å². The second kappa shape index (κ2) is 9.60. The van der Waals surface area contributed by atoms with Gasteiger partial charge in [-0.3, -0.25) is 9.36 Å². The van der Waals surface area contributed by atoms with Crippen molar-refractivity contribution in [2.75, 3.05) is 0 Å². The topological polar surface area (TPSA) is 68.5 Å². The molecule has 0 amide bonds. The van der Waals surface area contributed by atoms with Crippen molar-refractivity contribution in [2.24, 2.45) is 0 Å². The lowest BCUT2D eigenvalue weighted by molar-refractivity contribution is 0.0685. The van der Waals surface area contributed by atoms with Crippen LogP contribution in [0.4, 0.5) is 0 Å². The summed E-state index contributed by atoms with van der Waals surface area (Å²) >= 11 is 3.46. The zero-order valence-electron chi connectivity index (χ0n) is 18.5. The first kappa shape index (κ1) is 22.6. The highest BCUT2D eigenvalue weighted by molar-refractivity contribution is 9.10. The number of rotatable bonds is 6. The molecule has 0 saturated heterocycles. The minimum absolute atomic E-state index is 0.0545. The number of para-hydroxylation sites is 1. The van der Waals surface area contributed by atoms with Crippen LogP contribution in [0.3, 0.4) is 0 Å². The predicted molar refractivity (Wildman–Crippen MR) is 140 cm³/mol. The van der Waals surface area contributed by atoms with Crippen LogP contribution in [0.2, 0.25) is 0 Å². The zero-order valence-corrected chi connectivity index (χ0v) is 20.1. The van der Waals surface area contributed by atoms with Crippen molar-refractivity contribution in [3.8, 4) is 22.6 Å². The molecule has 0 aliphatic heterocycles. The maximum absolute atomic E-state index is 13.6. The Kier molecular flexibility index (Phi) is 6.21. The van der Waals surface area contributed by atoms with Crippen LogP contribution in [0.25, 0.3) is 21.9 Å². The lowest BCUT2D eigenvalue weighted by Gasteiger charge is -2.18. The van der Waals surface area contributed by atoms with Crippen molar-refractivity contribution in [3.63, 3.8) is 0 Å². The van der Waals surface area contributed by atoms with Gasteiger partial charge in [-0.05, 0) is 59.0 Å². The van der Waals surface area contributed by atoms with Gasteiger partial charge in [-0.15, -0.1) is 0 Å². The third kappa shape index (κ3) is 4.61. The number of carbonyl (C=O) groups is 1. The van der Waals surface area contributed by atoms with Crippen LogP contribution in [0.1, 0.15) is 16.1 Å². The van der Waals surface area contributed by atoms with Crippen LogP contribution < -0.4 is 10.3 Å². The van der Waals surface area contributed by atoms with Crippen molar-refractivity contribution in [1.29, 1.82) is 0 Å². The molecule has 0 saturated carbocycles. The van der Waals surface area contributed by atoms with E-state index >= 15 is 0 Å². The first-order chi connectivity index (χ1) is 17.0. The van der Waals surface area contributed by atoms with Crippen molar-refractivity contribution in [2.45, 2.75) is 6.54 Å². The molecule has 5 rings (SSSR count). The first-order valence-corrected chi connectivity index (χ1v) is 11.8. The van der Waals surface area contributed by atoms with Crippen molar-refractivity contribution < 1.29 is 14.6 Å². The Morgan fingerprint density at radius 3 is 2.20 bits per heavy atom. The van der Waals surface area contributed by atoms with Crippen molar-refractivity contribution in [3.05, 3.63) is 129 Å². The number of hydrogen-bond donors (Lipinski definition) is 1. The Bertz CT molecular complexity index is 1590. The third-order valence-corrected chi connectivity index (χ3v) is 6.21. The summed E-state index contributed by atoms with van der Waals surface area (Å²) in [6.45, 7) is 0.0816. The van der Waals surface area contributed by atoms with E-state index in [4.69, 9.17) is 4.74 Å². The van der Waals surface area contributed by atoms with Gasteiger partial charge in [-0.1, -0.05) is 76.6 Å². The Hall–Kier alpha value is -4.16. The number of carboxylic acid groups (broad SMARTS) is 1. The lowest BCUT2D eigenvalue weighted by atomic mass is 9.96. The van der Waals surface area contributed by atoms with Gasteiger partial charge < -0.3 is 9.84 Å². The molecule has 172 valence electrons. The standard InChI is InChI=1S/C29H20BrNO4/c30-21-14-15-24-25(17-21)26(20-9-3-1-4-10-20)27(29(33)34)31(28(24)32)18-19-8-7-13-23(16-19)35-22-11-5-2-6-12-22/h1-17H,18H2,(H,33,34). The van der Waals surface area contributed by atoms with Crippen molar-refractivity contribution in [1.82, 2.24) is 4.57 Å². The van der Waals surface area contributed by atoms with Gasteiger partial charge in [0.2, 0.25) is 0 Å². The number of pyridine rings is 1. The summed E-state index contributed by atoms with van der Waals surface area (Å²) in [4.78, 5) is 26.2. The molecule has 1 aromatic heterocycles. The molecular formula is C29H20BrNO4. The van der Waals surface area contributed by atoms with E-state index in [0.717, 1.165) is 15.6 Å². The molecule has 0 spiro atoms. The van der Waals surface area contributed by atoms with Crippen LogP contribution in [-0.2, 0) is 6.54 Å². The molecule has 0 fully saturated rings. The summed E-state index contributed by atoms with van der Waals surface area (Å²) in [6, 6.07) is 31.3. The van der Waals surface area contributed by atoms with Crippen molar-refractivity contribution >= 4 is 32.7 Å². The molecule has 35 heavy (non-hydrogen) atoms. The minimum atomic E-state index is -1.17. The number of benzene rings is 4. The van der Waals surface area contributed by atoms with Gasteiger partial charge in [0.15, 0.2) is 0 Å². The van der Waals surface area contributed by atoms with Gasteiger partial charge in [-0.2, -0.15) is 0 Å². The molecule has 0 atom stereocenters. The van der Waals surface area contributed by atoms with E-state index in [1.807, 2.05) is 84.9 Å². The van der Waals surface area contributed by atoms with Gasteiger partial charge in [0.05, 0.1) is 6.54 Å². The van der Waals surface area contributed by atoms with E-state index in [1.165, 1.54) is 4.57 Å². The molecule has 6 heteroatoms. The first-order valence-electron chi connectivity index (χ1n) is 11.0. The Balaban J connectivity index is 1.69. The van der Waals surface area contributed by atoms with Gasteiger partial charge in [0.25, 0.3) is 5.56 Å². The molecule has 4 aromatic carbocycles. The average molecular weight is 526 g/mol. The van der Waals surface area contributed by atoms with Crippen LogP contribution in [-0.4, -0.2) is 15.6 Å². The summed E-state index contributed by atoms with van der Waals surface area (Å²) < 4.78 is 8.03. The summed E-state index contributed by atoms with van der Waals surface area (Å²) in [5.74, 6) is 0.127. The number of fused-ring (bicyclic) bond motifs is 1. The number of aromatic nitrogens is 1. The number of ether oxygens (including phenoxy) is 1. The largest absolute Gasteiger partial charge is 0.477 e. The number of nitrogens with zero attached hydrogens (tertiary/aromatic N) is 1. The SMILES string of the molecule is O=C(O)c1c(-c2ccccc2)c2cc(Br)ccc2c(=O)n1Cc1cccc(Oc2ccccc2)c1. The highest BCUT2D eigenvalue weighted by atomic mass is 79.9. The molecular weight excluding hydrogens is 506 g/mol. The lowest BCUT2D eigenvalue weighted by Crippen LogP contribution is -2.28. The minimum Gasteiger partial charge on any atom is -0.477 e. The van der Waals surface area contributed by atoms with Crippen LogP contribution in [0.5, 0.6) is 11.5 Å². The maximum Gasteiger partial charge on any atom is 0.353 e. The van der Waals surface area contributed by atoms with Crippen LogP contribution in [0, 0.1) is 0 Å². The highest BCUT2D eigenvalue weighted by Gasteiger charge is 2.23. The molecule has 0 bridgehead atoms. The normalized spacial score (nSPS) is 10.9. The molecule has 1 N–H and O–H groups in total. The maximum atomic E-state index is 13.6. The fraction of sp³-hybridized carbons (Fsp3) is 0.0345. The highest BCUT2D eigenvalue weighted by Crippen LogP contribution is 2.33. The van der Waals surface area contributed by atoms with Gasteiger partial charge in [0, 0.05) is 15.4 Å². The van der Waals surface area contributed by atoms with E-state index in [2.05, 4.69) is 15.9 Å². The van der Waals surface area contributed by atoms with E-state index in [0.29, 0.717) is 27.8 Å². The molecule has 0 radical (unpaired) electrons. The molecule has 1 heterocycles. The number of halogens is 1. The number of carboxylic acids is 1. The summed E-state index contributed by atoms with van der Waals surface area (Å²) in [7, 11) is 0. The second-order valence-corrected chi connectivity index (χ2v) is 8.95. The Morgan fingerprint density at radius 1 is 0.800 bits per heavy atom. The number of aromatic carboxylic acids is 1. The van der Waals surface area contributed by atoms with E-state index in [9.17, 15) is 14.7 Å². The van der Waals surface area contributed by atoms with Gasteiger partial charge in [0.1, 0.15) is 17.2 Å². The third-order valence-electron chi connectivity index (χ3n) is 5.72. The fourth-order valence-corrected chi connectivity index (χ4v) is 4.57. The molecule has 5 nitrogen and oxygen atoms in total. The average Bonchev–Trinajstić information content (AvgIpc) is 2.86. The zero-order chi connectivity index (χ0) is 24.4. The predicted octanol–water partition coefficient (Wildman–Crippen LogP) is 6.97. The fourth-order valence-electron chi connectivity index (χ4n) is 4.20. The molecule has 0 unspecified atom stereocenters. The smallest absolute Gasteiger partial charge is 0.353 e.